The van der Waals surface area contributed by atoms with Gasteiger partial charge < -0.3 is 5.32 Å². The highest BCUT2D eigenvalue weighted by Gasteiger charge is 2.04. The van der Waals surface area contributed by atoms with E-state index in [9.17, 15) is 13.6 Å². The highest BCUT2D eigenvalue weighted by Crippen LogP contribution is 2.08. The van der Waals surface area contributed by atoms with Gasteiger partial charge in [-0.2, -0.15) is 0 Å². The molecular formula is C11H11F2NO. The van der Waals surface area contributed by atoms with Crippen molar-refractivity contribution in [2.75, 3.05) is 0 Å². The lowest BCUT2D eigenvalue weighted by Gasteiger charge is -2.03. The van der Waals surface area contributed by atoms with E-state index in [0.29, 0.717) is 0 Å². The average molecular weight is 211 g/mol. The number of hydrogen-bond donors (Lipinski definition) is 1. The molecule has 0 atom stereocenters. The van der Waals surface area contributed by atoms with Crippen molar-refractivity contribution in [1.29, 1.82) is 0 Å². The Labute approximate surface area is 86.6 Å². The maximum Gasteiger partial charge on any atom is 0.243 e. The fraction of sp³-hybridized carbons (Fsp3) is 0.182. The van der Waals surface area contributed by atoms with E-state index in [0.717, 1.165) is 18.2 Å². The Morgan fingerprint density at radius 1 is 1.47 bits per heavy atom. The summed E-state index contributed by atoms with van der Waals surface area (Å²) in [7, 11) is 0. The molecule has 0 aliphatic carbocycles. The molecule has 0 aliphatic rings. The average Bonchev–Trinajstić information content (AvgIpc) is 2.20. The number of hydrogen-bond acceptors (Lipinski definition) is 1. The van der Waals surface area contributed by atoms with Crippen LogP contribution in [0, 0.1) is 11.6 Å². The molecule has 0 unspecified atom stereocenters. The molecule has 80 valence electrons. The smallest absolute Gasteiger partial charge is 0.243 e. The van der Waals surface area contributed by atoms with Crippen LogP contribution in [0.4, 0.5) is 8.78 Å². The van der Waals surface area contributed by atoms with Crippen molar-refractivity contribution < 1.29 is 13.6 Å². The Morgan fingerprint density at radius 2 is 2.20 bits per heavy atom. The van der Waals surface area contributed by atoms with Gasteiger partial charge in [0, 0.05) is 12.1 Å². The number of benzene rings is 1. The first-order chi connectivity index (χ1) is 7.13. The lowest BCUT2D eigenvalue weighted by molar-refractivity contribution is -0.116. The van der Waals surface area contributed by atoms with Crippen LogP contribution >= 0.6 is 0 Å². The molecule has 1 aromatic rings. The molecule has 1 N–H and O–H groups in total. The van der Waals surface area contributed by atoms with E-state index in [1.807, 2.05) is 0 Å². The summed E-state index contributed by atoms with van der Waals surface area (Å²) in [6, 6.07) is 3.13. The molecule has 0 spiro atoms. The topological polar surface area (TPSA) is 29.1 Å². The number of halogens is 2. The minimum absolute atomic E-state index is 0.0211. The Hall–Kier alpha value is -1.71. The number of amides is 1. The molecule has 15 heavy (non-hydrogen) atoms. The summed E-state index contributed by atoms with van der Waals surface area (Å²) in [6.45, 7) is 1.68. The van der Waals surface area contributed by atoms with E-state index in [1.54, 1.807) is 13.0 Å². The Morgan fingerprint density at radius 3 is 2.87 bits per heavy atom. The van der Waals surface area contributed by atoms with Gasteiger partial charge in [-0.25, -0.2) is 8.78 Å². The fourth-order valence-corrected chi connectivity index (χ4v) is 1.07. The molecule has 0 radical (unpaired) electrons. The van der Waals surface area contributed by atoms with Gasteiger partial charge in [0.15, 0.2) is 0 Å². The summed E-state index contributed by atoms with van der Waals surface area (Å²) in [5.74, 6) is -1.38. The van der Waals surface area contributed by atoms with Crippen molar-refractivity contribution in [3.8, 4) is 0 Å². The van der Waals surface area contributed by atoms with Crippen LogP contribution in [0.1, 0.15) is 12.5 Å². The van der Waals surface area contributed by atoms with Crippen molar-refractivity contribution in [2.24, 2.45) is 0 Å². The van der Waals surface area contributed by atoms with Crippen molar-refractivity contribution in [3.63, 3.8) is 0 Å². The highest BCUT2D eigenvalue weighted by atomic mass is 19.1. The third-order valence-corrected chi connectivity index (χ3v) is 1.78. The van der Waals surface area contributed by atoms with Crippen LogP contribution < -0.4 is 5.32 Å². The van der Waals surface area contributed by atoms with Crippen molar-refractivity contribution in [3.05, 3.63) is 47.5 Å². The first-order valence-electron chi connectivity index (χ1n) is 4.48. The molecule has 0 fully saturated rings. The van der Waals surface area contributed by atoms with E-state index in [-0.39, 0.29) is 18.0 Å². The van der Waals surface area contributed by atoms with Gasteiger partial charge in [-0.3, -0.25) is 4.79 Å². The lowest BCUT2D eigenvalue weighted by atomic mass is 10.2. The van der Waals surface area contributed by atoms with Crippen LogP contribution in [0.5, 0.6) is 0 Å². The third kappa shape index (κ3) is 3.50. The summed E-state index contributed by atoms with van der Waals surface area (Å²) in [6.07, 6.45) is 2.88. The maximum atomic E-state index is 13.1. The van der Waals surface area contributed by atoms with Gasteiger partial charge >= 0.3 is 0 Å². The normalized spacial score (nSPS) is 10.6. The molecule has 2 nitrogen and oxygen atoms in total. The molecule has 0 aromatic heterocycles. The van der Waals surface area contributed by atoms with Gasteiger partial charge in [-0.05, 0) is 31.2 Å². The van der Waals surface area contributed by atoms with E-state index in [2.05, 4.69) is 5.32 Å². The first kappa shape index (κ1) is 11.4. The molecule has 1 aromatic carbocycles. The summed E-state index contributed by atoms with van der Waals surface area (Å²) in [4.78, 5) is 11.0. The summed E-state index contributed by atoms with van der Waals surface area (Å²) in [5.41, 5.74) is 0.132. The second-order valence-corrected chi connectivity index (χ2v) is 2.95. The second-order valence-electron chi connectivity index (χ2n) is 2.95. The summed E-state index contributed by atoms with van der Waals surface area (Å²) in [5, 5.41) is 2.44. The molecule has 0 heterocycles. The summed E-state index contributed by atoms with van der Waals surface area (Å²) >= 11 is 0. The van der Waals surface area contributed by atoms with Crippen LogP contribution in [0.15, 0.2) is 30.4 Å². The number of rotatable bonds is 3. The van der Waals surface area contributed by atoms with E-state index in [4.69, 9.17) is 0 Å². The monoisotopic (exact) mass is 211 g/mol. The Bertz CT molecular complexity index is 388. The first-order valence-corrected chi connectivity index (χ1v) is 4.48. The zero-order valence-corrected chi connectivity index (χ0v) is 8.26. The van der Waals surface area contributed by atoms with Crippen molar-refractivity contribution in [1.82, 2.24) is 5.32 Å². The minimum atomic E-state index is -0.530. The summed E-state index contributed by atoms with van der Waals surface area (Å²) < 4.78 is 25.8. The van der Waals surface area contributed by atoms with Crippen LogP contribution in [0.3, 0.4) is 0 Å². The number of allylic oxidation sites excluding steroid dienone is 1. The highest BCUT2D eigenvalue weighted by molar-refractivity contribution is 5.87. The second kappa shape index (κ2) is 5.24. The van der Waals surface area contributed by atoms with Gasteiger partial charge in [0.2, 0.25) is 5.91 Å². The standard InChI is InChI=1S/C11H11F2NO/c1-2-3-11(15)14-7-8-6-9(12)4-5-10(8)13/h2-6H,7H2,1H3,(H,14,15). The zero-order chi connectivity index (χ0) is 11.3. The quantitative estimate of drug-likeness (QED) is 0.762. The maximum absolute atomic E-state index is 13.1. The van der Waals surface area contributed by atoms with Crippen LogP contribution in [-0.4, -0.2) is 5.91 Å². The minimum Gasteiger partial charge on any atom is -0.348 e. The van der Waals surface area contributed by atoms with Crippen LogP contribution in [-0.2, 0) is 11.3 Å². The van der Waals surface area contributed by atoms with Crippen molar-refractivity contribution in [2.45, 2.75) is 13.5 Å². The molecular weight excluding hydrogens is 200 g/mol. The SMILES string of the molecule is CC=CC(=O)NCc1cc(F)ccc1F. The van der Waals surface area contributed by atoms with Crippen LogP contribution in [0.2, 0.25) is 0 Å². The largest absolute Gasteiger partial charge is 0.348 e. The third-order valence-electron chi connectivity index (χ3n) is 1.78. The van der Waals surface area contributed by atoms with Gasteiger partial charge in [-0.1, -0.05) is 6.08 Å². The molecule has 0 saturated heterocycles. The predicted molar refractivity (Wildman–Crippen MR) is 53.0 cm³/mol. The van der Waals surface area contributed by atoms with Gasteiger partial charge in [0.1, 0.15) is 11.6 Å². The van der Waals surface area contributed by atoms with Crippen LogP contribution in [0.25, 0.3) is 0 Å². The van der Waals surface area contributed by atoms with Gasteiger partial charge in [0.05, 0.1) is 0 Å². The number of carbonyl (C=O) groups is 1. The molecule has 0 saturated carbocycles. The van der Waals surface area contributed by atoms with Gasteiger partial charge in [-0.15, -0.1) is 0 Å². The predicted octanol–water partition coefficient (Wildman–Crippen LogP) is 2.16. The molecule has 0 bridgehead atoms. The van der Waals surface area contributed by atoms with E-state index >= 15 is 0 Å². The zero-order valence-electron chi connectivity index (χ0n) is 8.26. The molecule has 1 rings (SSSR count). The van der Waals surface area contributed by atoms with E-state index < -0.39 is 11.6 Å². The fourth-order valence-electron chi connectivity index (χ4n) is 1.07. The van der Waals surface area contributed by atoms with Gasteiger partial charge in [0.25, 0.3) is 0 Å². The number of carbonyl (C=O) groups excluding carboxylic acids is 1. The number of nitrogens with one attached hydrogen (secondary N) is 1. The lowest BCUT2D eigenvalue weighted by Crippen LogP contribution is -2.20. The molecule has 4 heteroatoms. The molecule has 1 amide bonds. The molecule has 0 aliphatic heterocycles. The van der Waals surface area contributed by atoms with Crippen molar-refractivity contribution >= 4 is 5.91 Å². The Balaban J connectivity index is 2.64. The van der Waals surface area contributed by atoms with E-state index in [1.165, 1.54) is 6.08 Å². The Kier molecular flexibility index (Phi) is 3.97.